The van der Waals surface area contributed by atoms with Gasteiger partial charge in [0.2, 0.25) is 0 Å². The summed E-state index contributed by atoms with van der Waals surface area (Å²) in [5.74, 6) is 0.379. The number of thiocarbonyl (C=S) groups is 1. The standard InChI is InChI=1S/C18H20N2O3S/c1-4-23-14-7-5-6-13(10-14)17(22)20-18(24)19-15-9-11(2)8-12(3)16(15)21/h5-10,21H,4H2,1-3H3,(H2,19,20,22,24). The van der Waals surface area contributed by atoms with E-state index in [0.29, 0.717) is 23.6 Å². The van der Waals surface area contributed by atoms with Gasteiger partial charge >= 0.3 is 0 Å². The van der Waals surface area contributed by atoms with Crippen molar-refractivity contribution < 1.29 is 14.6 Å². The topological polar surface area (TPSA) is 70.6 Å². The van der Waals surface area contributed by atoms with Gasteiger partial charge in [-0.15, -0.1) is 0 Å². The maximum Gasteiger partial charge on any atom is 0.257 e. The number of carbonyl (C=O) groups is 1. The van der Waals surface area contributed by atoms with Crippen molar-refractivity contribution >= 4 is 28.9 Å². The molecule has 1 amide bonds. The molecule has 0 unspecified atom stereocenters. The van der Waals surface area contributed by atoms with Gasteiger partial charge in [-0.25, -0.2) is 0 Å². The normalized spacial score (nSPS) is 10.1. The zero-order chi connectivity index (χ0) is 17.7. The molecule has 24 heavy (non-hydrogen) atoms. The zero-order valence-corrected chi connectivity index (χ0v) is 14.7. The Balaban J connectivity index is 2.07. The van der Waals surface area contributed by atoms with Gasteiger partial charge in [0.25, 0.3) is 5.91 Å². The van der Waals surface area contributed by atoms with Crippen LogP contribution in [0.4, 0.5) is 5.69 Å². The molecule has 0 bridgehead atoms. The van der Waals surface area contributed by atoms with Crippen molar-refractivity contribution in [3.8, 4) is 11.5 Å². The van der Waals surface area contributed by atoms with Crippen molar-refractivity contribution in [2.24, 2.45) is 0 Å². The highest BCUT2D eigenvalue weighted by Gasteiger charge is 2.11. The molecular formula is C18H20N2O3S. The van der Waals surface area contributed by atoms with Crippen LogP contribution < -0.4 is 15.4 Å². The molecule has 126 valence electrons. The minimum Gasteiger partial charge on any atom is -0.505 e. The van der Waals surface area contributed by atoms with Crippen LogP contribution in [0.1, 0.15) is 28.4 Å². The highest BCUT2D eigenvalue weighted by atomic mass is 32.1. The number of hydrogen-bond acceptors (Lipinski definition) is 4. The maximum atomic E-state index is 12.3. The molecule has 2 rings (SSSR count). The third kappa shape index (κ3) is 4.45. The Kier molecular flexibility index (Phi) is 5.76. The van der Waals surface area contributed by atoms with Crippen molar-refractivity contribution in [1.82, 2.24) is 5.32 Å². The molecule has 0 fully saturated rings. The summed E-state index contributed by atoms with van der Waals surface area (Å²) in [5, 5.41) is 15.6. The molecule has 0 aliphatic carbocycles. The van der Waals surface area contributed by atoms with E-state index >= 15 is 0 Å². The number of rotatable bonds is 4. The SMILES string of the molecule is CCOc1cccc(C(=O)NC(=S)Nc2cc(C)cc(C)c2O)c1. The lowest BCUT2D eigenvalue weighted by molar-refractivity contribution is 0.0977. The molecule has 2 aromatic rings. The quantitative estimate of drug-likeness (QED) is 0.585. The first kappa shape index (κ1) is 17.7. The maximum absolute atomic E-state index is 12.3. The van der Waals surface area contributed by atoms with Gasteiger partial charge in [0.1, 0.15) is 11.5 Å². The molecule has 0 saturated heterocycles. The predicted octanol–water partition coefficient (Wildman–Crippen LogP) is 3.53. The number of amides is 1. The molecule has 0 aliphatic heterocycles. The first-order chi connectivity index (χ1) is 11.4. The largest absolute Gasteiger partial charge is 0.505 e. The van der Waals surface area contributed by atoms with E-state index in [4.69, 9.17) is 17.0 Å². The Morgan fingerprint density at radius 2 is 2.00 bits per heavy atom. The first-order valence-corrected chi connectivity index (χ1v) is 7.97. The number of carbonyl (C=O) groups excluding carboxylic acids is 1. The Hall–Kier alpha value is -2.60. The Bertz CT molecular complexity index is 775. The second-order valence-electron chi connectivity index (χ2n) is 5.35. The van der Waals surface area contributed by atoms with Crippen LogP contribution in [0.2, 0.25) is 0 Å². The second kappa shape index (κ2) is 7.79. The highest BCUT2D eigenvalue weighted by molar-refractivity contribution is 7.80. The van der Waals surface area contributed by atoms with Crippen LogP contribution in [0.15, 0.2) is 36.4 Å². The molecule has 0 spiro atoms. The molecule has 0 atom stereocenters. The van der Waals surface area contributed by atoms with Crippen LogP contribution >= 0.6 is 12.2 Å². The molecule has 0 aliphatic rings. The van der Waals surface area contributed by atoms with Crippen LogP contribution in [-0.4, -0.2) is 22.7 Å². The van der Waals surface area contributed by atoms with Gasteiger partial charge in [0, 0.05) is 5.56 Å². The summed E-state index contributed by atoms with van der Waals surface area (Å²) in [6.45, 7) is 6.12. The molecule has 3 N–H and O–H groups in total. The summed E-state index contributed by atoms with van der Waals surface area (Å²) in [7, 11) is 0. The summed E-state index contributed by atoms with van der Waals surface area (Å²) in [6, 6.07) is 10.5. The number of benzene rings is 2. The zero-order valence-electron chi connectivity index (χ0n) is 13.8. The number of aromatic hydroxyl groups is 1. The number of aryl methyl sites for hydroxylation is 2. The molecular weight excluding hydrogens is 324 g/mol. The molecule has 0 aromatic heterocycles. The van der Waals surface area contributed by atoms with E-state index in [2.05, 4.69) is 10.6 Å². The summed E-state index contributed by atoms with van der Waals surface area (Å²) >= 11 is 5.16. The lowest BCUT2D eigenvalue weighted by Crippen LogP contribution is -2.34. The summed E-state index contributed by atoms with van der Waals surface area (Å²) in [4.78, 5) is 12.3. The third-order valence-electron chi connectivity index (χ3n) is 3.33. The molecule has 0 saturated carbocycles. The van der Waals surface area contributed by atoms with E-state index in [1.165, 1.54) is 0 Å². The summed E-state index contributed by atoms with van der Waals surface area (Å²) in [5.41, 5.74) is 2.61. The van der Waals surface area contributed by atoms with Crippen molar-refractivity contribution in [2.75, 3.05) is 11.9 Å². The lowest BCUT2D eigenvalue weighted by atomic mass is 10.1. The number of ether oxygens (including phenoxy) is 1. The van der Waals surface area contributed by atoms with E-state index in [9.17, 15) is 9.90 Å². The van der Waals surface area contributed by atoms with Crippen molar-refractivity contribution in [1.29, 1.82) is 0 Å². The lowest BCUT2D eigenvalue weighted by Gasteiger charge is -2.13. The molecule has 0 heterocycles. The number of phenols is 1. The minimum atomic E-state index is -0.349. The van der Waals surface area contributed by atoms with Crippen LogP contribution in [0.25, 0.3) is 0 Å². The van der Waals surface area contributed by atoms with Gasteiger partial charge in [0.15, 0.2) is 5.11 Å². The summed E-state index contributed by atoms with van der Waals surface area (Å²) < 4.78 is 5.38. The van der Waals surface area contributed by atoms with Gasteiger partial charge in [-0.05, 0) is 68.4 Å². The van der Waals surface area contributed by atoms with Crippen LogP contribution in [0.3, 0.4) is 0 Å². The number of hydrogen-bond donors (Lipinski definition) is 3. The van der Waals surface area contributed by atoms with Gasteiger partial charge in [-0.2, -0.15) is 0 Å². The Labute approximate surface area is 146 Å². The molecule has 2 aromatic carbocycles. The Morgan fingerprint density at radius 1 is 1.25 bits per heavy atom. The molecule has 5 nitrogen and oxygen atoms in total. The fourth-order valence-corrected chi connectivity index (χ4v) is 2.48. The number of nitrogens with one attached hydrogen (secondary N) is 2. The van der Waals surface area contributed by atoms with Gasteiger partial charge in [-0.3, -0.25) is 10.1 Å². The Morgan fingerprint density at radius 3 is 2.71 bits per heavy atom. The van der Waals surface area contributed by atoms with Crippen molar-refractivity contribution in [3.05, 3.63) is 53.1 Å². The highest BCUT2D eigenvalue weighted by Crippen LogP contribution is 2.28. The van der Waals surface area contributed by atoms with Gasteiger partial charge in [0.05, 0.1) is 12.3 Å². The van der Waals surface area contributed by atoms with E-state index < -0.39 is 0 Å². The second-order valence-corrected chi connectivity index (χ2v) is 5.76. The number of anilines is 1. The fraction of sp³-hybridized carbons (Fsp3) is 0.222. The monoisotopic (exact) mass is 344 g/mol. The summed E-state index contributed by atoms with van der Waals surface area (Å²) in [6.07, 6.45) is 0. The predicted molar refractivity (Wildman–Crippen MR) is 98.9 cm³/mol. The van der Waals surface area contributed by atoms with E-state index in [1.54, 1.807) is 37.3 Å². The van der Waals surface area contributed by atoms with Gasteiger partial charge < -0.3 is 15.2 Å². The van der Waals surface area contributed by atoms with Crippen LogP contribution in [-0.2, 0) is 0 Å². The molecule has 0 radical (unpaired) electrons. The average molecular weight is 344 g/mol. The fourth-order valence-electron chi connectivity index (χ4n) is 2.28. The van der Waals surface area contributed by atoms with Crippen molar-refractivity contribution in [2.45, 2.75) is 20.8 Å². The average Bonchev–Trinajstić information content (AvgIpc) is 2.52. The van der Waals surface area contributed by atoms with Gasteiger partial charge in [-0.1, -0.05) is 12.1 Å². The van der Waals surface area contributed by atoms with E-state index in [0.717, 1.165) is 11.1 Å². The minimum absolute atomic E-state index is 0.107. The third-order valence-corrected chi connectivity index (χ3v) is 3.53. The number of phenolic OH excluding ortho intramolecular Hbond substituents is 1. The first-order valence-electron chi connectivity index (χ1n) is 7.56. The molecule has 6 heteroatoms. The van der Waals surface area contributed by atoms with Crippen LogP contribution in [0, 0.1) is 13.8 Å². The van der Waals surface area contributed by atoms with E-state index in [-0.39, 0.29) is 16.8 Å². The van der Waals surface area contributed by atoms with E-state index in [1.807, 2.05) is 19.9 Å². The van der Waals surface area contributed by atoms with Crippen LogP contribution in [0.5, 0.6) is 11.5 Å². The smallest absolute Gasteiger partial charge is 0.257 e. The van der Waals surface area contributed by atoms with Crippen molar-refractivity contribution in [3.63, 3.8) is 0 Å².